The maximum atomic E-state index is 13.8. The lowest BCUT2D eigenvalue weighted by Crippen LogP contribution is -2.37. The third-order valence-corrected chi connectivity index (χ3v) is 3.17. The van der Waals surface area contributed by atoms with Gasteiger partial charge in [-0.05, 0) is 5.92 Å². The van der Waals surface area contributed by atoms with Gasteiger partial charge in [-0.3, -0.25) is 9.78 Å². The van der Waals surface area contributed by atoms with Crippen LogP contribution in [0.5, 0.6) is 0 Å². The summed E-state index contributed by atoms with van der Waals surface area (Å²) in [4.78, 5) is 26.2. The van der Waals surface area contributed by atoms with Gasteiger partial charge in [0.1, 0.15) is 16.7 Å². The van der Waals surface area contributed by atoms with Crippen LogP contribution in [0.3, 0.4) is 0 Å². The molecule has 1 heterocycles. The van der Waals surface area contributed by atoms with Gasteiger partial charge in [-0.25, -0.2) is 22.5 Å². The fourth-order valence-corrected chi connectivity index (χ4v) is 2.36. The predicted molar refractivity (Wildman–Crippen MR) is 71.6 cm³/mol. The SMILES string of the molecule is CC(C)c1c(Cl)[nH]c(=O)n(-c2c(F)cc(F)cc2F)c1=O. The second-order valence-corrected chi connectivity index (χ2v) is 5.05. The Kier molecular flexibility index (Phi) is 3.95. The van der Waals surface area contributed by atoms with Gasteiger partial charge in [-0.2, -0.15) is 0 Å². The summed E-state index contributed by atoms with van der Waals surface area (Å²) in [5, 5.41) is -0.195. The first kappa shape index (κ1) is 15.4. The molecule has 0 unspecified atom stereocenters. The molecule has 0 bridgehead atoms. The van der Waals surface area contributed by atoms with Crippen molar-refractivity contribution < 1.29 is 13.2 Å². The maximum absolute atomic E-state index is 13.8. The molecule has 8 heteroatoms. The number of aromatic nitrogens is 2. The lowest BCUT2D eigenvalue weighted by molar-refractivity contribution is 0.528. The third kappa shape index (κ3) is 2.61. The highest BCUT2D eigenvalue weighted by atomic mass is 35.5. The van der Waals surface area contributed by atoms with Gasteiger partial charge < -0.3 is 0 Å². The molecule has 0 atom stereocenters. The van der Waals surface area contributed by atoms with E-state index in [9.17, 15) is 22.8 Å². The number of hydrogen-bond donors (Lipinski definition) is 1. The van der Waals surface area contributed by atoms with Gasteiger partial charge in [0.15, 0.2) is 11.6 Å². The molecular formula is C13H10ClF3N2O2. The first-order valence-electron chi connectivity index (χ1n) is 5.93. The standard InChI is InChI=1S/C13H10ClF3N2O2/c1-5(2)9-11(14)18-13(21)19(12(9)20)10-7(16)3-6(15)4-8(10)17/h3-5H,1-2H3,(H,18,21). The lowest BCUT2D eigenvalue weighted by Gasteiger charge is -2.12. The molecular weight excluding hydrogens is 309 g/mol. The van der Waals surface area contributed by atoms with Crippen LogP contribution in [0.25, 0.3) is 5.69 Å². The van der Waals surface area contributed by atoms with Crippen molar-refractivity contribution in [3.63, 3.8) is 0 Å². The number of hydrogen-bond acceptors (Lipinski definition) is 2. The van der Waals surface area contributed by atoms with Gasteiger partial charge >= 0.3 is 5.69 Å². The predicted octanol–water partition coefficient (Wildman–Crippen LogP) is 2.72. The normalized spacial score (nSPS) is 11.2. The van der Waals surface area contributed by atoms with Crippen LogP contribution >= 0.6 is 11.6 Å². The van der Waals surface area contributed by atoms with Crippen LogP contribution in [-0.4, -0.2) is 9.55 Å². The zero-order valence-corrected chi connectivity index (χ0v) is 11.8. The second-order valence-electron chi connectivity index (χ2n) is 4.67. The highest BCUT2D eigenvalue weighted by Gasteiger charge is 2.22. The molecule has 0 spiro atoms. The molecule has 0 aliphatic carbocycles. The Morgan fingerprint density at radius 3 is 2.14 bits per heavy atom. The van der Waals surface area contributed by atoms with Gasteiger partial charge in [0, 0.05) is 12.1 Å². The van der Waals surface area contributed by atoms with E-state index in [1.807, 2.05) is 0 Å². The van der Waals surface area contributed by atoms with Crippen molar-refractivity contribution in [2.75, 3.05) is 0 Å². The smallest absolute Gasteiger partial charge is 0.297 e. The zero-order valence-electron chi connectivity index (χ0n) is 11.0. The number of H-pyrrole nitrogens is 1. The number of nitrogens with one attached hydrogen (secondary N) is 1. The van der Waals surface area contributed by atoms with Gasteiger partial charge in [-0.1, -0.05) is 25.4 Å². The van der Waals surface area contributed by atoms with E-state index in [-0.39, 0.29) is 21.2 Å². The average molecular weight is 319 g/mol. The van der Waals surface area contributed by atoms with Crippen molar-refractivity contribution >= 4 is 11.6 Å². The topological polar surface area (TPSA) is 54.9 Å². The molecule has 0 radical (unpaired) electrons. The van der Waals surface area contributed by atoms with E-state index in [0.717, 1.165) is 0 Å². The first-order valence-corrected chi connectivity index (χ1v) is 6.31. The maximum Gasteiger partial charge on any atom is 0.334 e. The highest BCUT2D eigenvalue weighted by molar-refractivity contribution is 6.30. The molecule has 112 valence electrons. The first-order chi connectivity index (χ1) is 9.73. The van der Waals surface area contributed by atoms with E-state index < -0.39 is 34.4 Å². The van der Waals surface area contributed by atoms with E-state index in [0.29, 0.717) is 12.1 Å². The molecule has 0 saturated carbocycles. The van der Waals surface area contributed by atoms with Crippen LogP contribution in [0.15, 0.2) is 21.7 Å². The van der Waals surface area contributed by atoms with E-state index in [2.05, 4.69) is 4.98 Å². The largest absolute Gasteiger partial charge is 0.334 e. The Labute approximate surface area is 121 Å². The third-order valence-electron chi connectivity index (χ3n) is 2.87. The van der Waals surface area contributed by atoms with Crippen molar-refractivity contribution in [2.24, 2.45) is 0 Å². The van der Waals surface area contributed by atoms with Crippen LogP contribution < -0.4 is 11.2 Å². The van der Waals surface area contributed by atoms with Crippen molar-refractivity contribution in [1.29, 1.82) is 0 Å². The Morgan fingerprint density at radius 1 is 1.14 bits per heavy atom. The summed E-state index contributed by atoms with van der Waals surface area (Å²) in [6, 6.07) is 0.766. The Bertz CT molecular complexity index is 804. The average Bonchev–Trinajstić information content (AvgIpc) is 2.30. The Hall–Kier alpha value is -2.02. The fourth-order valence-electron chi connectivity index (χ4n) is 1.98. The van der Waals surface area contributed by atoms with E-state index in [4.69, 9.17) is 11.6 Å². The molecule has 2 rings (SSSR count). The monoisotopic (exact) mass is 318 g/mol. The molecule has 1 N–H and O–H groups in total. The number of rotatable bonds is 2. The highest BCUT2D eigenvalue weighted by Crippen LogP contribution is 2.20. The Morgan fingerprint density at radius 2 is 1.67 bits per heavy atom. The fraction of sp³-hybridized carbons (Fsp3) is 0.231. The van der Waals surface area contributed by atoms with Crippen molar-refractivity contribution in [3.8, 4) is 5.69 Å². The van der Waals surface area contributed by atoms with Gasteiger partial charge in [-0.15, -0.1) is 0 Å². The van der Waals surface area contributed by atoms with Crippen LogP contribution in [0.2, 0.25) is 5.15 Å². The van der Waals surface area contributed by atoms with Crippen molar-refractivity contribution in [1.82, 2.24) is 9.55 Å². The van der Waals surface area contributed by atoms with E-state index in [1.54, 1.807) is 13.8 Å². The molecule has 2 aromatic rings. The minimum Gasteiger partial charge on any atom is -0.297 e. The van der Waals surface area contributed by atoms with Crippen LogP contribution in [-0.2, 0) is 0 Å². The Balaban J connectivity index is 2.93. The summed E-state index contributed by atoms with van der Waals surface area (Å²) >= 11 is 5.78. The molecule has 21 heavy (non-hydrogen) atoms. The summed E-state index contributed by atoms with van der Waals surface area (Å²) in [6.07, 6.45) is 0. The summed E-state index contributed by atoms with van der Waals surface area (Å²) in [6.45, 7) is 3.26. The summed E-state index contributed by atoms with van der Waals surface area (Å²) in [5.74, 6) is -4.27. The lowest BCUT2D eigenvalue weighted by atomic mass is 10.1. The van der Waals surface area contributed by atoms with Crippen LogP contribution in [0, 0.1) is 17.5 Å². The van der Waals surface area contributed by atoms with E-state index in [1.165, 1.54) is 0 Å². The van der Waals surface area contributed by atoms with E-state index >= 15 is 0 Å². The van der Waals surface area contributed by atoms with Crippen molar-refractivity contribution in [3.05, 3.63) is 61.1 Å². The molecule has 1 aromatic carbocycles. The summed E-state index contributed by atoms with van der Waals surface area (Å²) in [7, 11) is 0. The molecule has 4 nitrogen and oxygen atoms in total. The van der Waals surface area contributed by atoms with Crippen LogP contribution in [0.1, 0.15) is 25.3 Å². The summed E-state index contributed by atoms with van der Waals surface area (Å²) < 4.78 is 40.7. The quantitative estimate of drug-likeness (QED) is 0.866. The zero-order chi connectivity index (χ0) is 15.9. The molecule has 0 fully saturated rings. The van der Waals surface area contributed by atoms with Crippen LogP contribution in [0.4, 0.5) is 13.2 Å². The van der Waals surface area contributed by atoms with Gasteiger partial charge in [0.05, 0.1) is 5.56 Å². The number of benzene rings is 1. The molecule has 0 saturated heterocycles. The molecule has 1 aromatic heterocycles. The number of halogens is 4. The molecule has 0 aliphatic rings. The van der Waals surface area contributed by atoms with Crippen molar-refractivity contribution in [2.45, 2.75) is 19.8 Å². The second kappa shape index (κ2) is 5.40. The minimum absolute atomic E-state index is 0.000563. The minimum atomic E-state index is -1.36. The molecule has 0 amide bonds. The molecule has 0 aliphatic heterocycles. The van der Waals surface area contributed by atoms with Gasteiger partial charge in [0.2, 0.25) is 0 Å². The number of nitrogens with zero attached hydrogens (tertiary/aromatic N) is 1. The summed E-state index contributed by atoms with van der Waals surface area (Å²) in [5.41, 5.74) is -3.01. The van der Waals surface area contributed by atoms with Gasteiger partial charge in [0.25, 0.3) is 5.56 Å². The number of aromatic amines is 1.